The summed E-state index contributed by atoms with van der Waals surface area (Å²) < 4.78 is 22.9. The van der Waals surface area contributed by atoms with Crippen LogP contribution < -0.4 is 5.32 Å². The summed E-state index contributed by atoms with van der Waals surface area (Å²) in [6.07, 6.45) is 0.620. The number of nitrogens with one attached hydrogen (secondary N) is 1. The van der Waals surface area contributed by atoms with Crippen molar-refractivity contribution in [1.29, 1.82) is 0 Å². The zero-order chi connectivity index (χ0) is 17.0. The second kappa shape index (κ2) is 7.25. The van der Waals surface area contributed by atoms with Crippen LogP contribution in [0.1, 0.15) is 35.8 Å². The number of hydrogen-bond donors (Lipinski definition) is 2. The third-order valence-corrected chi connectivity index (χ3v) is 4.98. The molecule has 2 aromatic rings. The Morgan fingerprint density at radius 1 is 1.09 bits per heavy atom. The molecule has 2 rings (SSSR count). The third kappa shape index (κ3) is 4.89. The highest BCUT2D eigenvalue weighted by atomic mass is 32.2. The van der Waals surface area contributed by atoms with Crippen LogP contribution in [0, 0.1) is 6.92 Å². The Morgan fingerprint density at radius 2 is 1.74 bits per heavy atom. The van der Waals surface area contributed by atoms with Gasteiger partial charge in [0.25, 0.3) is 0 Å². The first-order valence-electron chi connectivity index (χ1n) is 7.55. The summed E-state index contributed by atoms with van der Waals surface area (Å²) >= 11 is 0. The lowest BCUT2D eigenvalue weighted by Crippen LogP contribution is -2.24. The lowest BCUT2D eigenvalue weighted by Gasteiger charge is -2.18. The van der Waals surface area contributed by atoms with Crippen molar-refractivity contribution in [1.82, 2.24) is 5.32 Å². The molecule has 2 atom stereocenters. The maximum atomic E-state index is 11.5. The highest BCUT2D eigenvalue weighted by molar-refractivity contribution is 7.90. The van der Waals surface area contributed by atoms with Gasteiger partial charge in [0.05, 0.1) is 11.0 Å². The van der Waals surface area contributed by atoms with Crippen molar-refractivity contribution in [3.8, 4) is 0 Å². The molecule has 0 bridgehead atoms. The Labute approximate surface area is 138 Å². The van der Waals surface area contributed by atoms with Crippen LogP contribution in [0.4, 0.5) is 0 Å². The Morgan fingerprint density at radius 3 is 2.30 bits per heavy atom. The van der Waals surface area contributed by atoms with Crippen LogP contribution in [0.5, 0.6) is 0 Å². The molecule has 0 spiro atoms. The smallest absolute Gasteiger partial charge is 0.175 e. The highest BCUT2D eigenvalue weighted by Crippen LogP contribution is 2.18. The largest absolute Gasteiger partial charge is 0.387 e. The molecule has 2 unspecified atom stereocenters. The van der Waals surface area contributed by atoms with E-state index in [4.69, 9.17) is 0 Å². The zero-order valence-corrected chi connectivity index (χ0v) is 14.5. The Kier molecular flexibility index (Phi) is 5.57. The van der Waals surface area contributed by atoms with Gasteiger partial charge in [-0.15, -0.1) is 0 Å². The summed E-state index contributed by atoms with van der Waals surface area (Å²) in [7, 11) is -3.17. The molecule has 4 nitrogen and oxygen atoms in total. The topological polar surface area (TPSA) is 66.4 Å². The van der Waals surface area contributed by atoms with E-state index in [9.17, 15) is 13.5 Å². The molecule has 0 fully saturated rings. The number of benzene rings is 2. The molecule has 23 heavy (non-hydrogen) atoms. The van der Waals surface area contributed by atoms with Crippen molar-refractivity contribution in [3.05, 3.63) is 65.2 Å². The lowest BCUT2D eigenvalue weighted by molar-refractivity contribution is 0.170. The SMILES string of the molecule is Cc1cccc(C(O)CNC(C)c2ccc(S(C)(=O)=O)cc2)c1. The standard InChI is InChI=1S/C18H23NO3S/c1-13-5-4-6-16(11-13)18(20)12-19-14(2)15-7-9-17(10-8-15)23(3,21)22/h4-11,14,18-20H,12H2,1-3H3. The summed E-state index contributed by atoms with van der Waals surface area (Å²) in [5, 5.41) is 13.5. The van der Waals surface area contributed by atoms with Crippen LogP contribution in [-0.2, 0) is 9.84 Å². The van der Waals surface area contributed by atoms with E-state index in [2.05, 4.69) is 5.32 Å². The fraction of sp³-hybridized carbons (Fsp3) is 0.333. The van der Waals surface area contributed by atoms with E-state index < -0.39 is 15.9 Å². The van der Waals surface area contributed by atoms with Gasteiger partial charge in [-0.1, -0.05) is 42.0 Å². The molecule has 5 heteroatoms. The van der Waals surface area contributed by atoms with Gasteiger partial charge >= 0.3 is 0 Å². The van der Waals surface area contributed by atoms with E-state index in [1.165, 1.54) is 6.26 Å². The highest BCUT2D eigenvalue weighted by Gasteiger charge is 2.12. The van der Waals surface area contributed by atoms with Gasteiger partial charge in [0.1, 0.15) is 0 Å². The average molecular weight is 333 g/mol. The molecule has 0 saturated carbocycles. The molecule has 0 aromatic heterocycles. The first kappa shape index (κ1) is 17.7. The number of rotatable bonds is 6. The molecule has 0 heterocycles. The number of hydrogen-bond acceptors (Lipinski definition) is 4. The maximum Gasteiger partial charge on any atom is 0.175 e. The van der Waals surface area contributed by atoms with Crippen LogP contribution >= 0.6 is 0 Å². The number of sulfone groups is 1. The van der Waals surface area contributed by atoms with Crippen LogP contribution in [-0.4, -0.2) is 26.3 Å². The van der Waals surface area contributed by atoms with Crippen molar-refractivity contribution in [3.63, 3.8) is 0 Å². The molecular weight excluding hydrogens is 310 g/mol. The summed E-state index contributed by atoms with van der Waals surface area (Å²) in [6.45, 7) is 4.41. The van der Waals surface area contributed by atoms with Crippen molar-refractivity contribution >= 4 is 9.84 Å². The predicted octanol–water partition coefficient (Wildman–Crippen LogP) is 2.78. The van der Waals surface area contributed by atoms with Crippen LogP contribution in [0.25, 0.3) is 0 Å². The Balaban J connectivity index is 1.98. The minimum absolute atomic E-state index is 0.0167. The predicted molar refractivity (Wildman–Crippen MR) is 92.1 cm³/mol. The van der Waals surface area contributed by atoms with E-state index in [0.717, 1.165) is 16.7 Å². The monoisotopic (exact) mass is 333 g/mol. The molecule has 0 aliphatic rings. The minimum atomic E-state index is -3.17. The molecule has 2 aromatic carbocycles. The second-order valence-corrected chi connectivity index (χ2v) is 7.92. The van der Waals surface area contributed by atoms with Crippen molar-refractivity contribution < 1.29 is 13.5 Å². The lowest BCUT2D eigenvalue weighted by atomic mass is 10.1. The normalized spacial score (nSPS) is 14.4. The Hall–Kier alpha value is -1.69. The average Bonchev–Trinajstić information content (AvgIpc) is 2.51. The number of aliphatic hydroxyl groups excluding tert-OH is 1. The molecule has 0 radical (unpaired) electrons. The van der Waals surface area contributed by atoms with Gasteiger partial charge in [-0.25, -0.2) is 8.42 Å². The van der Waals surface area contributed by atoms with Gasteiger partial charge in [0.15, 0.2) is 9.84 Å². The van der Waals surface area contributed by atoms with Crippen molar-refractivity contribution in [2.24, 2.45) is 0 Å². The molecule has 124 valence electrons. The molecule has 0 amide bonds. The Bertz CT molecular complexity index is 754. The van der Waals surface area contributed by atoms with Gasteiger partial charge in [-0.3, -0.25) is 0 Å². The van der Waals surface area contributed by atoms with Crippen molar-refractivity contribution in [2.75, 3.05) is 12.8 Å². The molecule has 2 N–H and O–H groups in total. The van der Waals surface area contributed by atoms with E-state index in [1.54, 1.807) is 24.3 Å². The quantitative estimate of drug-likeness (QED) is 0.853. The van der Waals surface area contributed by atoms with Gasteiger partial charge in [0.2, 0.25) is 0 Å². The van der Waals surface area contributed by atoms with Gasteiger partial charge in [-0.05, 0) is 37.1 Å². The summed E-state index contributed by atoms with van der Waals surface area (Å²) in [5.41, 5.74) is 2.98. The zero-order valence-electron chi connectivity index (χ0n) is 13.7. The summed E-state index contributed by atoms with van der Waals surface area (Å²) in [6, 6.07) is 14.6. The first-order valence-corrected chi connectivity index (χ1v) is 9.44. The molecule has 0 aliphatic carbocycles. The number of aliphatic hydroxyl groups is 1. The molecular formula is C18H23NO3S. The molecule has 0 saturated heterocycles. The van der Waals surface area contributed by atoms with E-state index in [-0.39, 0.29) is 6.04 Å². The number of aryl methyl sites for hydroxylation is 1. The summed E-state index contributed by atoms with van der Waals surface area (Å²) in [4.78, 5) is 0.313. The minimum Gasteiger partial charge on any atom is -0.387 e. The summed E-state index contributed by atoms with van der Waals surface area (Å²) in [5.74, 6) is 0. The van der Waals surface area contributed by atoms with Crippen molar-refractivity contribution in [2.45, 2.75) is 30.9 Å². The van der Waals surface area contributed by atoms with Crippen LogP contribution in [0.2, 0.25) is 0 Å². The van der Waals surface area contributed by atoms with Gasteiger partial charge in [0, 0.05) is 18.8 Å². The third-order valence-electron chi connectivity index (χ3n) is 3.85. The van der Waals surface area contributed by atoms with Gasteiger partial charge < -0.3 is 10.4 Å². The second-order valence-electron chi connectivity index (χ2n) is 5.90. The van der Waals surface area contributed by atoms with Crippen LogP contribution in [0.3, 0.4) is 0 Å². The van der Waals surface area contributed by atoms with E-state index in [0.29, 0.717) is 11.4 Å². The van der Waals surface area contributed by atoms with E-state index >= 15 is 0 Å². The van der Waals surface area contributed by atoms with Crippen LogP contribution in [0.15, 0.2) is 53.4 Å². The van der Waals surface area contributed by atoms with E-state index in [1.807, 2.05) is 38.1 Å². The van der Waals surface area contributed by atoms with Gasteiger partial charge in [-0.2, -0.15) is 0 Å². The fourth-order valence-corrected chi connectivity index (χ4v) is 3.04. The fourth-order valence-electron chi connectivity index (χ4n) is 2.41. The first-order chi connectivity index (χ1) is 10.8. The molecule has 0 aliphatic heterocycles. The maximum absolute atomic E-state index is 11.5.